The smallest absolute Gasteiger partial charge is 0.234 e. The quantitative estimate of drug-likeness (QED) is 0.612. The second-order valence-electron chi connectivity index (χ2n) is 7.72. The largest absolute Gasteiger partial charge is 0.355 e. The molecule has 2 amide bonds. The van der Waals surface area contributed by atoms with E-state index in [1.54, 1.807) is 0 Å². The van der Waals surface area contributed by atoms with Gasteiger partial charge in [-0.15, -0.1) is 11.6 Å². The first-order chi connectivity index (χ1) is 12.6. The first kappa shape index (κ1) is 19.2. The number of rotatable bonds is 6. The van der Waals surface area contributed by atoms with Crippen LogP contribution in [0.2, 0.25) is 0 Å². The molecule has 0 spiro atoms. The van der Waals surface area contributed by atoms with Gasteiger partial charge in [-0.1, -0.05) is 31.2 Å². The van der Waals surface area contributed by atoms with Gasteiger partial charge in [0.1, 0.15) is 5.88 Å². The Bertz CT molecular complexity index is 624. The SMILES string of the molecule is C[C@@H]1CCCN(C(=O)C2Cc3ccccc3C2)[C@@H]1CCCNC(=O)CCl. The van der Waals surface area contributed by atoms with Gasteiger partial charge in [0.25, 0.3) is 0 Å². The lowest BCUT2D eigenvalue weighted by Gasteiger charge is -2.41. The highest BCUT2D eigenvalue weighted by molar-refractivity contribution is 6.27. The topological polar surface area (TPSA) is 49.4 Å². The lowest BCUT2D eigenvalue weighted by Crippen LogP contribution is -2.50. The molecule has 0 aromatic heterocycles. The molecular weight excluding hydrogens is 348 g/mol. The Morgan fingerprint density at radius 2 is 1.92 bits per heavy atom. The highest BCUT2D eigenvalue weighted by Gasteiger charge is 2.36. The van der Waals surface area contributed by atoms with Crippen molar-refractivity contribution in [2.24, 2.45) is 11.8 Å². The van der Waals surface area contributed by atoms with Gasteiger partial charge in [-0.25, -0.2) is 0 Å². The molecule has 1 aliphatic heterocycles. The fourth-order valence-electron chi connectivity index (χ4n) is 4.52. The van der Waals surface area contributed by atoms with Gasteiger partial charge in [0.15, 0.2) is 0 Å². The van der Waals surface area contributed by atoms with Gasteiger partial charge in [-0.3, -0.25) is 9.59 Å². The summed E-state index contributed by atoms with van der Waals surface area (Å²) in [6.45, 7) is 3.76. The van der Waals surface area contributed by atoms with E-state index >= 15 is 0 Å². The number of carbonyl (C=O) groups excluding carboxylic acids is 2. The van der Waals surface area contributed by atoms with Crippen molar-refractivity contribution in [1.82, 2.24) is 10.2 Å². The minimum Gasteiger partial charge on any atom is -0.355 e. The van der Waals surface area contributed by atoms with Crippen LogP contribution in [0, 0.1) is 11.8 Å². The molecule has 1 saturated heterocycles. The maximum atomic E-state index is 13.3. The number of hydrogen-bond donors (Lipinski definition) is 1. The Labute approximate surface area is 161 Å². The van der Waals surface area contributed by atoms with Crippen LogP contribution in [-0.2, 0) is 22.4 Å². The molecular formula is C21H29ClN2O2. The average Bonchev–Trinajstić information content (AvgIpc) is 3.09. The molecule has 142 valence electrons. The van der Waals surface area contributed by atoms with Crippen molar-refractivity contribution < 1.29 is 9.59 Å². The maximum Gasteiger partial charge on any atom is 0.234 e. The van der Waals surface area contributed by atoms with Crippen LogP contribution in [0.5, 0.6) is 0 Å². The second kappa shape index (κ2) is 8.90. The van der Waals surface area contributed by atoms with Crippen LogP contribution in [0.3, 0.4) is 0 Å². The van der Waals surface area contributed by atoms with Crippen LogP contribution < -0.4 is 5.32 Å². The third-order valence-electron chi connectivity index (χ3n) is 5.92. The molecule has 1 N–H and O–H groups in total. The summed E-state index contributed by atoms with van der Waals surface area (Å²) in [5, 5.41) is 2.82. The molecule has 0 bridgehead atoms. The number of hydrogen-bond acceptors (Lipinski definition) is 2. The molecule has 0 unspecified atom stereocenters. The van der Waals surface area contributed by atoms with E-state index in [9.17, 15) is 9.59 Å². The number of fused-ring (bicyclic) bond motifs is 1. The number of halogens is 1. The summed E-state index contributed by atoms with van der Waals surface area (Å²) in [6, 6.07) is 8.71. The number of piperidine rings is 1. The number of nitrogens with one attached hydrogen (secondary N) is 1. The van der Waals surface area contributed by atoms with Gasteiger partial charge in [-0.05, 0) is 55.6 Å². The zero-order valence-corrected chi connectivity index (χ0v) is 16.3. The van der Waals surface area contributed by atoms with E-state index in [-0.39, 0.29) is 23.7 Å². The van der Waals surface area contributed by atoms with Crippen LogP contribution in [0.15, 0.2) is 24.3 Å². The maximum absolute atomic E-state index is 13.3. The Balaban J connectivity index is 1.59. The van der Waals surface area contributed by atoms with Crippen molar-refractivity contribution in [3.63, 3.8) is 0 Å². The van der Waals surface area contributed by atoms with Crippen LogP contribution in [0.25, 0.3) is 0 Å². The normalized spacial score (nSPS) is 22.9. The van der Waals surface area contributed by atoms with E-state index in [1.807, 2.05) is 0 Å². The molecule has 4 nitrogen and oxygen atoms in total. The standard InChI is InChI=1S/C21H29ClN2O2/c1-15-6-5-11-24(19(15)9-4-10-23-20(25)14-22)21(26)18-12-16-7-2-3-8-17(16)13-18/h2-3,7-8,15,18-19H,4-6,9-14H2,1H3,(H,23,25)/t15-,19-/m1/s1. The summed E-state index contributed by atoms with van der Waals surface area (Å²) < 4.78 is 0. The number of alkyl halides is 1. The van der Waals surface area contributed by atoms with Crippen molar-refractivity contribution in [3.05, 3.63) is 35.4 Å². The van der Waals surface area contributed by atoms with Crippen LogP contribution >= 0.6 is 11.6 Å². The van der Waals surface area contributed by atoms with Crippen LogP contribution in [-0.4, -0.2) is 41.7 Å². The van der Waals surface area contributed by atoms with E-state index in [0.717, 1.165) is 38.6 Å². The van der Waals surface area contributed by atoms with E-state index in [1.165, 1.54) is 17.5 Å². The summed E-state index contributed by atoms with van der Waals surface area (Å²) in [6.07, 6.45) is 5.83. The van der Waals surface area contributed by atoms with Crippen molar-refractivity contribution in [2.45, 2.75) is 51.5 Å². The van der Waals surface area contributed by atoms with Crippen molar-refractivity contribution in [3.8, 4) is 0 Å². The van der Waals surface area contributed by atoms with E-state index in [4.69, 9.17) is 11.6 Å². The molecule has 0 saturated carbocycles. The lowest BCUT2D eigenvalue weighted by molar-refractivity contribution is -0.140. The Morgan fingerprint density at radius 3 is 2.58 bits per heavy atom. The van der Waals surface area contributed by atoms with Crippen molar-refractivity contribution >= 4 is 23.4 Å². The van der Waals surface area contributed by atoms with E-state index < -0.39 is 0 Å². The molecule has 0 radical (unpaired) electrons. The Kier molecular flexibility index (Phi) is 6.58. The second-order valence-corrected chi connectivity index (χ2v) is 7.99. The molecule has 2 aliphatic rings. The summed E-state index contributed by atoms with van der Waals surface area (Å²) in [5.41, 5.74) is 2.66. The van der Waals surface area contributed by atoms with Gasteiger partial charge in [0.2, 0.25) is 11.8 Å². The number of nitrogens with zero attached hydrogens (tertiary/aromatic N) is 1. The van der Waals surface area contributed by atoms with Crippen molar-refractivity contribution in [1.29, 1.82) is 0 Å². The number of carbonyl (C=O) groups is 2. The summed E-state index contributed by atoms with van der Waals surface area (Å²) >= 11 is 5.51. The van der Waals surface area contributed by atoms with Gasteiger partial charge < -0.3 is 10.2 Å². The highest BCUT2D eigenvalue weighted by atomic mass is 35.5. The van der Waals surface area contributed by atoms with Crippen LogP contribution in [0.4, 0.5) is 0 Å². The van der Waals surface area contributed by atoms with E-state index in [2.05, 4.69) is 41.4 Å². The number of amides is 2. The molecule has 1 aromatic rings. The fraction of sp³-hybridized carbons (Fsp3) is 0.619. The molecule has 1 aliphatic carbocycles. The predicted octanol–water partition coefficient (Wildman–Crippen LogP) is 3.16. The third kappa shape index (κ3) is 4.40. The Hall–Kier alpha value is -1.55. The van der Waals surface area contributed by atoms with E-state index in [0.29, 0.717) is 18.4 Å². The Morgan fingerprint density at radius 1 is 1.23 bits per heavy atom. The minimum absolute atomic E-state index is 0.00663. The van der Waals surface area contributed by atoms with Crippen molar-refractivity contribution in [2.75, 3.05) is 19.0 Å². The summed E-state index contributed by atoms with van der Waals surface area (Å²) in [5.74, 6) is 0.811. The molecule has 26 heavy (non-hydrogen) atoms. The number of benzene rings is 1. The molecule has 1 fully saturated rings. The minimum atomic E-state index is -0.125. The first-order valence-electron chi connectivity index (χ1n) is 9.80. The molecule has 5 heteroatoms. The average molecular weight is 377 g/mol. The lowest BCUT2D eigenvalue weighted by atomic mass is 9.86. The fourth-order valence-corrected chi connectivity index (χ4v) is 4.61. The van der Waals surface area contributed by atoms with Gasteiger partial charge >= 0.3 is 0 Å². The number of likely N-dealkylation sites (tertiary alicyclic amines) is 1. The molecule has 3 rings (SSSR count). The van der Waals surface area contributed by atoms with Gasteiger partial charge in [0, 0.05) is 25.0 Å². The predicted molar refractivity (Wildman–Crippen MR) is 104 cm³/mol. The molecule has 1 heterocycles. The molecule has 1 aromatic carbocycles. The first-order valence-corrected chi connectivity index (χ1v) is 10.3. The monoisotopic (exact) mass is 376 g/mol. The van der Waals surface area contributed by atoms with Gasteiger partial charge in [0.05, 0.1) is 0 Å². The third-order valence-corrected chi connectivity index (χ3v) is 6.16. The zero-order chi connectivity index (χ0) is 18.5. The zero-order valence-electron chi connectivity index (χ0n) is 15.5. The van der Waals surface area contributed by atoms with Crippen LogP contribution in [0.1, 0.15) is 43.7 Å². The van der Waals surface area contributed by atoms with Gasteiger partial charge in [-0.2, -0.15) is 0 Å². The highest BCUT2D eigenvalue weighted by Crippen LogP contribution is 2.32. The summed E-state index contributed by atoms with van der Waals surface area (Å²) in [4.78, 5) is 26.7. The molecule has 2 atom stereocenters. The summed E-state index contributed by atoms with van der Waals surface area (Å²) in [7, 11) is 0.